The van der Waals surface area contributed by atoms with Crippen LogP contribution in [0.15, 0.2) is 36.5 Å². The molecule has 0 aliphatic carbocycles. The van der Waals surface area contributed by atoms with E-state index in [-0.39, 0.29) is 5.91 Å². The highest BCUT2D eigenvalue weighted by Gasteiger charge is 2.17. The lowest BCUT2D eigenvalue weighted by Crippen LogP contribution is -2.32. The van der Waals surface area contributed by atoms with Gasteiger partial charge in [-0.2, -0.15) is 5.10 Å². The minimum absolute atomic E-state index is 0.120. The first-order valence-electron chi connectivity index (χ1n) is 9.52. The Hall–Kier alpha value is -2.34. The fourth-order valence-electron chi connectivity index (χ4n) is 3.14. The molecule has 26 heavy (non-hydrogen) atoms. The van der Waals surface area contributed by atoms with Gasteiger partial charge < -0.3 is 15.4 Å². The average molecular weight is 356 g/mol. The van der Waals surface area contributed by atoms with Crippen LogP contribution in [-0.2, 0) is 6.42 Å². The number of hydrogen-bond donors (Lipinski definition) is 2. The molecular formula is C20H28N4O2. The maximum absolute atomic E-state index is 12.3. The molecule has 6 nitrogen and oxygen atoms in total. The van der Waals surface area contributed by atoms with Crippen LogP contribution < -0.4 is 15.4 Å². The lowest BCUT2D eigenvalue weighted by Gasteiger charge is -2.22. The zero-order chi connectivity index (χ0) is 18.2. The van der Waals surface area contributed by atoms with Crippen molar-refractivity contribution in [3.8, 4) is 5.75 Å². The highest BCUT2D eigenvalue weighted by Crippen LogP contribution is 2.16. The van der Waals surface area contributed by atoms with Crippen LogP contribution in [0.5, 0.6) is 5.75 Å². The Morgan fingerprint density at radius 2 is 2.35 bits per heavy atom. The van der Waals surface area contributed by atoms with E-state index < -0.39 is 0 Å². The zero-order valence-corrected chi connectivity index (χ0v) is 15.4. The first-order chi connectivity index (χ1) is 12.8. The number of hydrogen-bond acceptors (Lipinski definition) is 4. The van der Waals surface area contributed by atoms with Crippen LogP contribution in [0.25, 0.3) is 0 Å². The molecule has 2 N–H and O–H groups in total. The SMILES string of the molecule is CCCOc1cccc(CCNC(=O)c2ccn(C3CCCNC3)n2)c1. The molecule has 1 saturated heterocycles. The van der Waals surface area contributed by atoms with Crippen molar-refractivity contribution in [2.75, 3.05) is 26.2 Å². The van der Waals surface area contributed by atoms with E-state index in [9.17, 15) is 4.79 Å². The highest BCUT2D eigenvalue weighted by molar-refractivity contribution is 5.92. The maximum Gasteiger partial charge on any atom is 0.271 e. The number of carbonyl (C=O) groups excluding carboxylic acids is 1. The van der Waals surface area contributed by atoms with Gasteiger partial charge >= 0.3 is 0 Å². The van der Waals surface area contributed by atoms with Crippen molar-refractivity contribution in [1.82, 2.24) is 20.4 Å². The van der Waals surface area contributed by atoms with Gasteiger partial charge in [-0.15, -0.1) is 0 Å². The Morgan fingerprint density at radius 3 is 3.15 bits per heavy atom. The van der Waals surface area contributed by atoms with E-state index in [1.807, 2.05) is 29.1 Å². The van der Waals surface area contributed by atoms with Gasteiger partial charge in [-0.3, -0.25) is 9.48 Å². The van der Waals surface area contributed by atoms with Crippen LogP contribution in [0.1, 0.15) is 48.3 Å². The molecule has 0 spiro atoms. The average Bonchev–Trinajstić information content (AvgIpc) is 3.18. The van der Waals surface area contributed by atoms with Gasteiger partial charge in [-0.1, -0.05) is 19.1 Å². The fraction of sp³-hybridized carbons (Fsp3) is 0.500. The highest BCUT2D eigenvalue weighted by atomic mass is 16.5. The summed E-state index contributed by atoms with van der Waals surface area (Å²) in [5, 5.41) is 10.8. The molecule has 1 aromatic carbocycles. The first kappa shape index (κ1) is 18.5. The summed E-state index contributed by atoms with van der Waals surface area (Å²) in [5.74, 6) is 0.765. The van der Waals surface area contributed by atoms with Crippen molar-refractivity contribution in [3.63, 3.8) is 0 Å². The monoisotopic (exact) mass is 356 g/mol. The molecule has 6 heteroatoms. The number of benzene rings is 1. The second kappa shape index (κ2) is 9.38. The van der Waals surface area contributed by atoms with Crippen LogP contribution in [0.3, 0.4) is 0 Å². The van der Waals surface area contributed by atoms with E-state index >= 15 is 0 Å². The number of ether oxygens (including phenoxy) is 1. The van der Waals surface area contributed by atoms with E-state index in [1.165, 1.54) is 0 Å². The van der Waals surface area contributed by atoms with Crippen LogP contribution in [0, 0.1) is 0 Å². The predicted molar refractivity (Wildman–Crippen MR) is 102 cm³/mol. The molecule has 0 bridgehead atoms. The topological polar surface area (TPSA) is 68.2 Å². The summed E-state index contributed by atoms with van der Waals surface area (Å²) in [6.07, 6.45) is 5.91. The van der Waals surface area contributed by atoms with Gasteiger partial charge in [0.25, 0.3) is 5.91 Å². The van der Waals surface area contributed by atoms with Crippen LogP contribution in [-0.4, -0.2) is 41.9 Å². The number of nitrogens with one attached hydrogen (secondary N) is 2. The summed E-state index contributed by atoms with van der Waals surface area (Å²) < 4.78 is 7.56. The minimum Gasteiger partial charge on any atom is -0.494 e. The molecule has 1 fully saturated rings. The number of carbonyl (C=O) groups is 1. The van der Waals surface area contributed by atoms with Crippen molar-refractivity contribution >= 4 is 5.91 Å². The summed E-state index contributed by atoms with van der Waals surface area (Å²) in [4.78, 5) is 12.3. The van der Waals surface area contributed by atoms with Crippen molar-refractivity contribution in [1.29, 1.82) is 0 Å². The molecule has 3 rings (SSSR count). The Morgan fingerprint density at radius 1 is 1.42 bits per heavy atom. The number of nitrogens with zero attached hydrogens (tertiary/aromatic N) is 2. The summed E-state index contributed by atoms with van der Waals surface area (Å²) in [6, 6.07) is 10.2. The molecule has 1 amide bonds. The Kier molecular flexibility index (Phi) is 6.66. The van der Waals surface area contributed by atoms with Crippen molar-refractivity contribution in [2.24, 2.45) is 0 Å². The molecule has 1 aliphatic rings. The fourth-order valence-corrected chi connectivity index (χ4v) is 3.14. The Balaban J connectivity index is 1.47. The third-order valence-electron chi connectivity index (χ3n) is 4.56. The van der Waals surface area contributed by atoms with Gasteiger partial charge in [-0.05, 0) is 56.0 Å². The summed E-state index contributed by atoms with van der Waals surface area (Å²) >= 11 is 0. The first-order valence-corrected chi connectivity index (χ1v) is 9.52. The second-order valence-corrected chi connectivity index (χ2v) is 6.68. The summed E-state index contributed by atoms with van der Waals surface area (Å²) in [6.45, 7) is 5.37. The maximum atomic E-state index is 12.3. The molecule has 2 aromatic rings. The van der Waals surface area contributed by atoms with Crippen molar-refractivity contribution < 1.29 is 9.53 Å². The van der Waals surface area contributed by atoms with Crippen molar-refractivity contribution in [2.45, 2.75) is 38.6 Å². The second-order valence-electron chi connectivity index (χ2n) is 6.68. The van der Waals surface area contributed by atoms with Crippen LogP contribution in [0.2, 0.25) is 0 Å². The van der Waals surface area contributed by atoms with Gasteiger partial charge in [0.05, 0.1) is 12.6 Å². The molecule has 0 radical (unpaired) electrons. The number of rotatable bonds is 8. The van der Waals surface area contributed by atoms with Gasteiger partial charge in [-0.25, -0.2) is 0 Å². The number of piperidine rings is 1. The predicted octanol–water partition coefficient (Wildman–Crippen LogP) is 2.57. The van der Waals surface area contributed by atoms with Crippen LogP contribution >= 0.6 is 0 Å². The van der Waals surface area contributed by atoms with E-state index in [4.69, 9.17) is 4.74 Å². The number of aromatic nitrogens is 2. The molecule has 140 valence electrons. The standard InChI is InChI=1S/C20H28N4O2/c1-2-13-26-18-7-3-5-16(14-18)8-11-22-20(25)19-9-12-24(23-19)17-6-4-10-21-15-17/h3,5,7,9,12,14,17,21H,2,4,6,8,10-11,13,15H2,1H3,(H,22,25). The largest absolute Gasteiger partial charge is 0.494 e. The van der Waals surface area contributed by atoms with Crippen LogP contribution in [0.4, 0.5) is 0 Å². The van der Waals surface area contributed by atoms with E-state index in [0.29, 0.717) is 18.3 Å². The van der Waals surface area contributed by atoms with E-state index in [1.54, 1.807) is 6.07 Å². The quantitative estimate of drug-likeness (QED) is 0.763. The smallest absolute Gasteiger partial charge is 0.271 e. The molecule has 1 atom stereocenters. The van der Waals surface area contributed by atoms with Gasteiger partial charge in [0.15, 0.2) is 0 Å². The summed E-state index contributed by atoms with van der Waals surface area (Å²) in [5.41, 5.74) is 1.63. The molecule has 1 unspecified atom stereocenters. The molecule has 1 aliphatic heterocycles. The zero-order valence-electron chi connectivity index (χ0n) is 15.4. The van der Waals surface area contributed by atoms with Crippen molar-refractivity contribution in [3.05, 3.63) is 47.8 Å². The third-order valence-corrected chi connectivity index (χ3v) is 4.56. The molecular weight excluding hydrogens is 328 g/mol. The normalized spacial score (nSPS) is 17.0. The minimum atomic E-state index is -0.120. The van der Waals surface area contributed by atoms with Gasteiger partial charge in [0.1, 0.15) is 11.4 Å². The number of amides is 1. The lowest BCUT2D eigenvalue weighted by atomic mass is 10.1. The van der Waals surface area contributed by atoms with Gasteiger partial charge in [0, 0.05) is 19.3 Å². The Bertz CT molecular complexity index is 707. The third kappa shape index (κ3) is 5.08. The van der Waals surface area contributed by atoms with E-state index in [0.717, 1.165) is 56.7 Å². The Labute approximate surface area is 154 Å². The molecule has 1 aromatic heterocycles. The summed E-state index contributed by atoms with van der Waals surface area (Å²) in [7, 11) is 0. The molecule has 2 heterocycles. The molecule has 0 saturated carbocycles. The lowest BCUT2D eigenvalue weighted by molar-refractivity contribution is 0.0948. The van der Waals surface area contributed by atoms with E-state index in [2.05, 4.69) is 28.7 Å². The van der Waals surface area contributed by atoms with Gasteiger partial charge in [0.2, 0.25) is 0 Å².